The van der Waals surface area contributed by atoms with Crippen LogP contribution >= 0.6 is 0 Å². The summed E-state index contributed by atoms with van der Waals surface area (Å²) in [5.74, 6) is 2.08. The van der Waals surface area contributed by atoms with Crippen molar-refractivity contribution in [1.29, 1.82) is 0 Å². The van der Waals surface area contributed by atoms with E-state index < -0.39 is 0 Å². The van der Waals surface area contributed by atoms with E-state index in [1.807, 2.05) is 0 Å². The Balaban J connectivity index is 2.24. The highest BCUT2D eigenvalue weighted by atomic mass is 16.1. The number of nitrogens with one attached hydrogen (secondary N) is 1. The molecule has 1 fully saturated rings. The van der Waals surface area contributed by atoms with Crippen LogP contribution in [0, 0.1) is 23.2 Å². The topological polar surface area (TPSA) is 55.1 Å². The number of rotatable bonds is 9. The van der Waals surface area contributed by atoms with Gasteiger partial charge in [-0.1, -0.05) is 27.7 Å². The number of hydrogen-bond donors (Lipinski definition) is 2. The first-order chi connectivity index (χ1) is 8.91. The van der Waals surface area contributed by atoms with Crippen LogP contribution in [0.5, 0.6) is 0 Å². The van der Waals surface area contributed by atoms with Gasteiger partial charge < -0.3 is 11.1 Å². The lowest BCUT2D eigenvalue weighted by molar-refractivity contribution is -0.121. The summed E-state index contributed by atoms with van der Waals surface area (Å²) in [6.07, 6.45) is 5.19. The molecule has 1 atom stereocenters. The molecule has 1 aliphatic carbocycles. The molecule has 3 heteroatoms. The van der Waals surface area contributed by atoms with Crippen molar-refractivity contribution < 1.29 is 4.79 Å². The van der Waals surface area contributed by atoms with Gasteiger partial charge in [-0.2, -0.15) is 0 Å². The van der Waals surface area contributed by atoms with Gasteiger partial charge in [-0.25, -0.2) is 0 Å². The van der Waals surface area contributed by atoms with Gasteiger partial charge in [0, 0.05) is 13.0 Å². The lowest BCUT2D eigenvalue weighted by Gasteiger charge is -2.22. The Morgan fingerprint density at radius 2 is 1.84 bits per heavy atom. The molecule has 0 spiro atoms. The molecule has 1 amide bonds. The molecule has 112 valence electrons. The molecule has 0 saturated heterocycles. The average Bonchev–Trinajstić information content (AvgIpc) is 3.12. The van der Waals surface area contributed by atoms with E-state index in [1.54, 1.807) is 0 Å². The zero-order valence-electron chi connectivity index (χ0n) is 13.2. The summed E-state index contributed by atoms with van der Waals surface area (Å²) in [6, 6.07) is 0. The Morgan fingerprint density at radius 1 is 1.21 bits per heavy atom. The van der Waals surface area contributed by atoms with Gasteiger partial charge in [0.25, 0.3) is 0 Å². The van der Waals surface area contributed by atoms with E-state index in [0.29, 0.717) is 29.6 Å². The zero-order valence-corrected chi connectivity index (χ0v) is 13.2. The predicted octanol–water partition coefficient (Wildman–Crippen LogP) is 2.94. The normalized spacial score (nSPS) is 18.7. The Morgan fingerprint density at radius 3 is 2.26 bits per heavy atom. The van der Waals surface area contributed by atoms with Crippen molar-refractivity contribution in [1.82, 2.24) is 5.32 Å². The largest absolute Gasteiger partial charge is 0.356 e. The molecule has 3 nitrogen and oxygen atoms in total. The van der Waals surface area contributed by atoms with Gasteiger partial charge in [0.15, 0.2) is 0 Å². The van der Waals surface area contributed by atoms with Crippen LogP contribution in [0.1, 0.15) is 59.8 Å². The second-order valence-corrected chi connectivity index (χ2v) is 6.91. The molecule has 0 aromatic carbocycles. The third-order valence-corrected chi connectivity index (χ3v) is 4.98. The fourth-order valence-electron chi connectivity index (χ4n) is 2.82. The van der Waals surface area contributed by atoms with Gasteiger partial charge in [0.05, 0.1) is 0 Å². The summed E-state index contributed by atoms with van der Waals surface area (Å²) in [4.78, 5) is 11.9. The molecular weight excluding hydrogens is 236 g/mol. The minimum atomic E-state index is 0.217. The summed E-state index contributed by atoms with van der Waals surface area (Å²) in [5.41, 5.74) is 6.04. The van der Waals surface area contributed by atoms with E-state index in [2.05, 4.69) is 33.0 Å². The Kier molecular flexibility index (Phi) is 6.31. The Labute approximate surface area is 118 Å². The summed E-state index contributed by atoms with van der Waals surface area (Å²) in [7, 11) is 0. The summed E-state index contributed by atoms with van der Waals surface area (Å²) < 4.78 is 0. The van der Waals surface area contributed by atoms with Crippen LogP contribution in [0.15, 0.2) is 0 Å². The minimum Gasteiger partial charge on any atom is -0.356 e. The summed E-state index contributed by atoms with van der Waals surface area (Å²) in [5, 5.41) is 3.13. The smallest absolute Gasteiger partial charge is 0.220 e. The second-order valence-electron chi connectivity index (χ2n) is 6.91. The van der Waals surface area contributed by atoms with Crippen molar-refractivity contribution in [3.05, 3.63) is 0 Å². The lowest BCUT2D eigenvalue weighted by Crippen LogP contribution is -2.33. The second kappa shape index (κ2) is 7.28. The maximum absolute atomic E-state index is 11.9. The Hall–Kier alpha value is -0.570. The van der Waals surface area contributed by atoms with Crippen LogP contribution in [-0.2, 0) is 4.79 Å². The minimum absolute atomic E-state index is 0.217. The van der Waals surface area contributed by atoms with Crippen molar-refractivity contribution in [2.24, 2.45) is 28.9 Å². The van der Waals surface area contributed by atoms with E-state index in [-0.39, 0.29) is 5.91 Å². The van der Waals surface area contributed by atoms with E-state index in [0.717, 1.165) is 25.9 Å². The molecule has 1 rings (SSSR count). The molecule has 1 saturated carbocycles. The van der Waals surface area contributed by atoms with E-state index in [4.69, 9.17) is 5.73 Å². The summed E-state index contributed by atoms with van der Waals surface area (Å²) >= 11 is 0. The van der Waals surface area contributed by atoms with Gasteiger partial charge in [0.2, 0.25) is 5.91 Å². The molecule has 0 radical (unpaired) electrons. The van der Waals surface area contributed by atoms with Gasteiger partial charge in [-0.05, 0) is 55.4 Å². The van der Waals surface area contributed by atoms with E-state index in [1.165, 1.54) is 12.8 Å². The fourth-order valence-corrected chi connectivity index (χ4v) is 2.82. The highest BCUT2D eigenvalue weighted by molar-refractivity contribution is 5.75. The standard InChI is InChI=1S/C16H32N2O/c1-12(2)14(7-10-17)5-6-15(19)18-11-16(8-9-16)13(3)4/h12-14H,5-11,17H2,1-4H3,(H,18,19). The average molecular weight is 268 g/mol. The van der Waals surface area contributed by atoms with Crippen LogP contribution in [0.3, 0.4) is 0 Å². The third-order valence-electron chi connectivity index (χ3n) is 4.98. The van der Waals surface area contributed by atoms with Crippen molar-refractivity contribution in [2.75, 3.05) is 13.1 Å². The van der Waals surface area contributed by atoms with Crippen LogP contribution in [0.4, 0.5) is 0 Å². The molecule has 0 aliphatic heterocycles. The first kappa shape index (κ1) is 16.5. The van der Waals surface area contributed by atoms with E-state index >= 15 is 0 Å². The van der Waals surface area contributed by atoms with Crippen LogP contribution in [0.25, 0.3) is 0 Å². The van der Waals surface area contributed by atoms with Crippen LogP contribution in [0.2, 0.25) is 0 Å². The maximum atomic E-state index is 11.9. The molecule has 1 aliphatic rings. The first-order valence-electron chi connectivity index (χ1n) is 7.88. The quantitative estimate of drug-likeness (QED) is 0.675. The Bertz CT molecular complexity index is 282. The number of nitrogens with two attached hydrogens (primary N) is 1. The zero-order chi connectivity index (χ0) is 14.5. The van der Waals surface area contributed by atoms with Crippen LogP contribution in [-0.4, -0.2) is 19.0 Å². The number of amides is 1. The first-order valence-corrected chi connectivity index (χ1v) is 7.88. The molecule has 1 unspecified atom stereocenters. The molecule has 0 aromatic heterocycles. The highest BCUT2D eigenvalue weighted by Crippen LogP contribution is 2.51. The van der Waals surface area contributed by atoms with Gasteiger partial charge in [-0.15, -0.1) is 0 Å². The monoisotopic (exact) mass is 268 g/mol. The maximum Gasteiger partial charge on any atom is 0.220 e. The van der Waals surface area contributed by atoms with Gasteiger partial charge in [-0.3, -0.25) is 4.79 Å². The lowest BCUT2D eigenvalue weighted by atomic mass is 9.88. The van der Waals surface area contributed by atoms with Crippen LogP contribution < -0.4 is 11.1 Å². The van der Waals surface area contributed by atoms with E-state index in [9.17, 15) is 4.79 Å². The van der Waals surface area contributed by atoms with Gasteiger partial charge in [0.1, 0.15) is 0 Å². The molecule has 0 aromatic rings. The SMILES string of the molecule is CC(C)C(CCN)CCC(=O)NCC1(C(C)C)CC1. The fraction of sp³-hybridized carbons (Fsp3) is 0.938. The molecule has 19 heavy (non-hydrogen) atoms. The molecule has 0 bridgehead atoms. The van der Waals surface area contributed by atoms with Gasteiger partial charge >= 0.3 is 0 Å². The molecule has 0 heterocycles. The van der Waals surface area contributed by atoms with Crippen molar-refractivity contribution >= 4 is 5.91 Å². The molecular formula is C16H32N2O. The third kappa shape index (κ3) is 5.13. The number of hydrogen-bond acceptors (Lipinski definition) is 2. The molecule has 3 N–H and O–H groups in total. The van der Waals surface area contributed by atoms with Crippen molar-refractivity contribution in [3.8, 4) is 0 Å². The van der Waals surface area contributed by atoms with Crippen molar-refractivity contribution in [3.63, 3.8) is 0 Å². The predicted molar refractivity (Wildman–Crippen MR) is 80.7 cm³/mol. The number of carbonyl (C=O) groups is 1. The highest BCUT2D eigenvalue weighted by Gasteiger charge is 2.45. The summed E-state index contributed by atoms with van der Waals surface area (Å²) in [6.45, 7) is 10.5. The number of carbonyl (C=O) groups excluding carboxylic acids is 1. The van der Waals surface area contributed by atoms with Crippen molar-refractivity contribution in [2.45, 2.75) is 59.8 Å².